The molecule has 0 aromatic carbocycles. The molecule has 0 spiro atoms. The van der Waals surface area contributed by atoms with Gasteiger partial charge in [0.15, 0.2) is 0 Å². The molecule has 20 heavy (non-hydrogen) atoms. The van der Waals surface area contributed by atoms with E-state index < -0.39 is 0 Å². The Morgan fingerprint density at radius 3 is 2.75 bits per heavy atom. The van der Waals surface area contributed by atoms with E-state index in [2.05, 4.69) is 65.5 Å². The van der Waals surface area contributed by atoms with Crippen molar-refractivity contribution in [2.45, 2.75) is 33.2 Å². The summed E-state index contributed by atoms with van der Waals surface area (Å²) in [5.74, 6) is 1.96. The standard InChI is InChI=1S/C15H22N4S/c1-5-12-14(16-6-2)17-10-18-15(12)19(4)11(3)13-8-7-9-20-13/h7-11H,5-6H2,1-4H3,(H,16,17,18). The van der Waals surface area contributed by atoms with Crippen LogP contribution in [0.3, 0.4) is 0 Å². The molecule has 0 radical (unpaired) electrons. The predicted molar refractivity (Wildman–Crippen MR) is 86.7 cm³/mol. The van der Waals surface area contributed by atoms with Crippen LogP contribution in [0.2, 0.25) is 0 Å². The highest BCUT2D eigenvalue weighted by Gasteiger charge is 2.19. The number of nitrogens with one attached hydrogen (secondary N) is 1. The third-order valence-electron chi connectivity index (χ3n) is 3.49. The summed E-state index contributed by atoms with van der Waals surface area (Å²) in [5.41, 5.74) is 1.18. The number of nitrogens with zero attached hydrogens (tertiary/aromatic N) is 3. The number of hydrogen-bond acceptors (Lipinski definition) is 5. The molecule has 0 saturated carbocycles. The van der Waals surface area contributed by atoms with Crippen LogP contribution in [0.1, 0.15) is 37.3 Å². The fourth-order valence-corrected chi connectivity index (χ4v) is 3.08. The first-order valence-electron chi connectivity index (χ1n) is 7.03. The Morgan fingerprint density at radius 2 is 2.15 bits per heavy atom. The topological polar surface area (TPSA) is 41.1 Å². The van der Waals surface area contributed by atoms with E-state index in [9.17, 15) is 0 Å². The van der Waals surface area contributed by atoms with Gasteiger partial charge in [0.25, 0.3) is 0 Å². The van der Waals surface area contributed by atoms with E-state index in [-0.39, 0.29) is 0 Å². The first-order valence-corrected chi connectivity index (χ1v) is 7.90. The van der Waals surface area contributed by atoms with Gasteiger partial charge in [-0.1, -0.05) is 13.0 Å². The van der Waals surface area contributed by atoms with Gasteiger partial charge >= 0.3 is 0 Å². The molecule has 1 unspecified atom stereocenters. The second-order valence-electron chi connectivity index (χ2n) is 4.71. The Hall–Kier alpha value is -1.62. The number of aromatic nitrogens is 2. The highest BCUT2D eigenvalue weighted by Crippen LogP contribution is 2.31. The summed E-state index contributed by atoms with van der Waals surface area (Å²) in [6.45, 7) is 7.31. The van der Waals surface area contributed by atoms with Gasteiger partial charge in [-0.05, 0) is 31.7 Å². The lowest BCUT2D eigenvalue weighted by Crippen LogP contribution is -2.24. The van der Waals surface area contributed by atoms with Crippen molar-refractivity contribution >= 4 is 23.0 Å². The van der Waals surface area contributed by atoms with Crippen molar-refractivity contribution in [3.05, 3.63) is 34.3 Å². The molecular formula is C15H22N4S. The van der Waals surface area contributed by atoms with Gasteiger partial charge < -0.3 is 10.2 Å². The van der Waals surface area contributed by atoms with Crippen LogP contribution in [0.15, 0.2) is 23.8 Å². The smallest absolute Gasteiger partial charge is 0.137 e. The van der Waals surface area contributed by atoms with Crippen molar-refractivity contribution in [1.82, 2.24) is 9.97 Å². The van der Waals surface area contributed by atoms with Crippen molar-refractivity contribution in [3.8, 4) is 0 Å². The molecule has 1 N–H and O–H groups in total. The predicted octanol–water partition coefficient (Wildman–Crippen LogP) is 3.73. The average Bonchev–Trinajstić information content (AvgIpc) is 3.00. The molecule has 4 nitrogen and oxygen atoms in total. The molecule has 2 aromatic rings. The lowest BCUT2D eigenvalue weighted by molar-refractivity contribution is 0.734. The molecule has 108 valence electrons. The summed E-state index contributed by atoms with van der Waals surface area (Å²) >= 11 is 1.78. The zero-order valence-corrected chi connectivity index (χ0v) is 13.4. The summed E-state index contributed by atoms with van der Waals surface area (Å²) < 4.78 is 0. The molecule has 0 bridgehead atoms. The molecule has 0 aliphatic rings. The van der Waals surface area contributed by atoms with Crippen LogP contribution in [0, 0.1) is 0 Å². The van der Waals surface area contributed by atoms with E-state index in [0.717, 1.165) is 24.6 Å². The maximum absolute atomic E-state index is 4.50. The third-order valence-corrected chi connectivity index (χ3v) is 4.53. The van der Waals surface area contributed by atoms with Gasteiger partial charge in [-0.15, -0.1) is 11.3 Å². The van der Waals surface area contributed by atoms with Gasteiger partial charge in [-0.2, -0.15) is 0 Å². The van der Waals surface area contributed by atoms with Gasteiger partial charge in [0.1, 0.15) is 18.0 Å². The van der Waals surface area contributed by atoms with E-state index in [1.807, 2.05) is 0 Å². The molecular weight excluding hydrogens is 268 g/mol. The van der Waals surface area contributed by atoms with Crippen molar-refractivity contribution in [2.75, 3.05) is 23.8 Å². The van der Waals surface area contributed by atoms with Gasteiger partial charge in [0.05, 0.1) is 6.04 Å². The molecule has 0 saturated heterocycles. The van der Waals surface area contributed by atoms with Crippen LogP contribution in [0.25, 0.3) is 0 Å². The summed E-state index contributed by atoms with van der Waals surface area (Å²) in [5, 5.41) is 5.44. The highest BCUT2D eigenvalue weighted by molar-refractivity contribution is 7.10. The second kappa shape index (κ2) is 6.70. The Bertz CT molecular complexity index is 539. The highest BCUT2D eigenvalue weighted by atomic mass is 32.1. The maximum atomic E-state index is 4.50. The minimum Gasteiger partial charge on any atom is -0.370 e. The largest absolute Gasteiger partial charge is 0.370 e. The van der Waals surface area contributed by atoms with E-state index in [0.29, 0.717) is 6.04 Å². The van der Waals surface area contributed by atoms with Crippen LogP contribution in [0.4, 0.5) is 11.6 Å². The molecule has 1 atom stereocenters. The van der Waals surface area contributed by atoms with Gasteiger partial charge in [-0.3, -0.25) is 0 Å². The minimum atomic E-state index is 0.310. The number of hydrogen-bond donors (Lipinski definition) is 1. The Morgan fingerprint density at radius 1 is 1.35 bits per heavy atom. The number of thiophene rings is 1. The lowest BCUT2D eigenvalue weighted by atomic mass is 10.1. The summed E-state index contributed by atoms with van der Waals surface area (Å²) in [6, 6.07) is 4.57. The van der Waals surface area contributed by atoms with Crippen molar-refractivity contribution in [1.29, 1.82) is 0 Å². The maximum Gasteiger partial charge on any atom is 0.137 e. The third kappa shape index (κ3) is 2.93. The molecule has 0 fully saturated rings. The summed E-state index contributed by atoms with van der Waals surface area (Å²) in [4.78, 5) is 12.4. The van der Waals surface area contributed by atoms with Crippen molar-refractivity contribution in [3.63, 3.8) is 0 Å². The van der Waals surface area contributed by atoms with Crippen LogP contribution >= 0.6 is 11.3 Å². The first-order chi connectivity index (χ1) is 9.69. The van der Waals surface area contributed by atoms with Crippen LogP contribution in [-0.4, -0.2) is 23.6 Å². The molecule has 2 heterocycles. The van der Waals surface area contributed by atoms with Crippen LogP contribution in [-0.2, 0) is 6.42 Å². The fourth-order valence-electron chi connectivity index (χ4n) is 2.26. The van der Waals surface area contributed by atoms with Crippen molar-refractivity contribution in [2.24, 2.45) is 0 Å². The average molecular weight is 290 g/mol. The fraction of sp³-hybridized carbons (Fsp3) is 0.467. The molecule has 5 heteroatoms. The second-order valence-corrected chi connectivity index (χ2v) is 5.69. The van der Waals surface area contributed by atoms with Crippen LogP contribution < -0.4 is 10.2 Å². The van der Waals surface area contributed by atoms with Gasteiger partial charge in [-0.25, -0.2) is 9.97 Å². The van der Waals surface area contributed by atoms with E-state index in [1.165, 1.54) is 10.4 Å². The van der Waals surface area contributed by atoms with E-state index >= 15 is 0 Å². The monoisotopic (exact) mass is 290 g/mol. The van der Waals surface area contributed by atoms with E-state index in [4.69, 9.17) is 0 Å². The quantitative estimate of drug-likeness (QED) is 0.880. The SMILES string of the molecule is CCNc1ncnc(N(C)C(C)c2cccs2)c1CC. The summed E-state index contributed by atoms with van der Waals surface area (Å²) in [6.07, 6.45) is 2.56. The van der Waals surface area contributed by atoms with Crippen molar-refractivity contribution < 1.29 is 0 Å². The zero-order chi connectivity index (χ0) is 14.5. The molecule has 2 aromatic heterocycles. The normalized spacial score (nSPS) is 12.2. The zero-order valence-electron chi connectivity index (χ0n) is 12.6. The summed E-state index contributed by atoms with van der Waals surface area (Å²) in [7, 11) is 2.10. The number of rotatable bonds is 6. The molecule has 0 aliphatic carbocycles. The molecule has 0 aliphatic heterocycles. The molecule has 2 rings (SSSR count). The Kier molecular flexibility index (Phi) is 4.95. The lowest BCUT2D eigenvalue weighted by Gasteiger charge is -2.27. The van der Waals surface area contributed by atoms with Gasteiger partial charge in [0.2, 0.25) is 0 Å². The number of anilines is 2. The Balaban J connectivity index is 2.34. The minimum absolute atomic E-state index is 0.310. The van der Waals surface area contributed by atoms with E-state index in [1.54, 1.807) is 17.7 Å². The van der Waals surface area contributed by atoms with Gasteiger partial charge in [0, 0.05) is 24.0 Å². The van der Waals surface area contributed by atoms with Crippen LogP contribution in [0.5, 0.6) is 0 Å². The Labute approximate surface area is 124 Å². The molecule has 0 amide bonds. The first kappa shape index (κ1) is 14.8.